The van der Waals surface area contributed by atoms with E-state index in [0.717, 1.165) is 49.3 Å². The second kappa shape index (κ2) is 5.68. The van der Waals surface area contributed by atoms with Crippen molar-refractivity contribution in [1.29, 1.82) is 0 Å². The van der Waals surface area contributed by atoms with E-state index in [1.54, 1.807) is 0 Å². The van der Waals surface area contributed by atoms with Gasteiger partial charge in [-0.05, 0) is 25.3 Å². The van der Waals surface area contributed by atoms with Crippen LogP contribution in [0.25, 0.3) is 0 Å². The van der Waals surface area contributed by atoms with E-state index >= 15 is 0 Å². The van der Waals surface area contributed by atoms with E-state index < -0.39 is 0 Å². The molecule has 0 fully saturated rings. The zero-order chi connectivity index (χ0) is 12.1. The van der Waals surface area contributed by atoms with Crippen molar-refractivity contribution < 1.29 is 10.3 Å². The Morgan fingerprint density at radius 3 is 2.88 bits per heavy atom. The van der Waals surface area contributed by atoms with Crippen molar-refractivity contribution in [3.63, 3.8) is 0 Å². The van der Waals surface area contributed by atoms with Gasteiger partial charge in [0, 0.05) is 30.9 Å². The molecule has 1 aromatic rings. The number of hydrogen-bond donors (Lipinski definition) is 2. The normalized spacial score (nSPS) is 17.9. The van der Waals surface area contributed by atoms with E-state index in [0.29, 0.717) is 0 Å². The van der Waals surface area contributed by atoms with Gasteiger partial charge in [0.25, 0.3) is 0 Å². The van der Waals surface area contributed by atoms with Crippen LogP contribution >= 0.6 is 0 Å². The summed E-state index contributed by atoms with van der Waals surface area (Å²) in [6.07, 6.45) is 2.53. The summed E-state index contributed by atoms with van der Waals surface area (Å²) in [7, 11) is 0. The summed E-state index contributed by atoms with van der Waals surface area (Å²) in [5.41, 5.74) is 2.86. The standard InChI is InChI=1S/C13H18N2O2/c16-10-4-9-15-8-3-6-12(14-17)11-5-1-2-7-13(11)15/h1-2,5,7,16-17H,3-4,6,8-10H2/b14-12-. The highest BCUT2D eigenvalue weighted by atomic mass is 16.4. The Labute approximate surface area is 101 Å². The molecule has 4 heteroatoms. The number of para-hydroxylation sites is 1. The van der Waals surface area contributed by atoms with Gasteiger partial charge in [-0.2, -0.15) is 0 Å². The summed E-state index contributed by atoms with van der Waals surface area (Å²) in [5.74, 6) is 0. The highest BCUT2D eigenvalue weighted by Gasteiger charge is 2.18. The van der Waals surface area contributed by atoms with E-state index in [9.17, 15) is 0 Å². The lowest BCUT2D eigenvalue weighted by molar-refractivity contribution is 0.289. The molecule has 17 heavy (non-hydrogen) atoms. The lowest BCUT2D eigenvalue weighted by Gasteiger charge is -2.24. The van der Waals surface area contributed by atoms with Gasteiger partial charge in [0.05, 0.1) is 5.71 Å². The average molecular weight is 234 g/mol. The van der Waals surface area contributed by atoms with Gasteiger partial charge in [-0.1, -0.05) is 23.4 Å². The van der Waals surface area contributed by atoms with Crippen molar-refractivity contribution in [2.24, 2.45) is 5.16 Å². The predicted octanol–water partition coefficient (Wildman–Crippen LogP) is 1.85. The molecule has 0 aliphatic carbocycles. The monoisotopic (exact) mass is 234 g/mol. The molecule has 0 radical (unpaired) electrons. The van der Waals surface area contributed by atoms with Crippen molar-refractivity contribution in [2.75, 3.05) is 24.6 Å². The molecule has 2 rings (SSSR count). The minimum Gasteiger partial charge on any atom is -0.411 e. The van der Waals surface area contributed by atoms with E-state index in [1.807, 2.05) is 24.3 Å². The first-order valence-corrected chi connectivity index (χ1v) is 6.03. The SMILES string of the molecule is OCCCN1CCC/C(=N/O)c2ccccc21. The number of hydrogen-bond acceptors (Lipinski definition) is 4. The first-order valence-electron chi connectivity index (χ1n) is 6.03. The fraction of sp³-hybridized carbons (Fsp3) is 0.462. The minimum absolute atomic E-state index is 0.208. The number of aliphatic hydroxyl groups is 1. The molecule has 1 heterocycles. The molecule has 92 valence electrons. The van der Waals surface area contributed by atoms with Gasteiger partial charge in [0.2, 0.25) is 0 Å². The number of fused-ring (bicyclic) bond motifs is 1. The van der Waals surface area contributed by atoms with Crippen LogP contribution in [0.4, 0.5) is 5.69 Å². The quantitative estimate of drug-likeness (QED) is 0.620. The van der Waals surface area contributed by atoms with Crippen LogP contribution in [0.3, 0.4) is 0 Å². The van der Waals surface area contributed by atoms with Crippen molar-refractivity contribution >= 4 is 11.4 Å². The summed E-state index contributed by atoms with van der Waals surface area (Å²) in [5, 5.41) is 21.4. The van der Waals surface area contributed by atoms with Gasteiger partial charge in [-0.15, -0.1) is 0 Å². The first-order chi connectivity index (χ1) is 8.36. The third-order valence-electron chi connectivity index (χ3n) is 3.10. The maximum atomic E-state index is 9.05. The molecule has 0 unspecified atom stereocenters. The molecule has 1 aliphatic heterocycles. The molecule has 1 aromatic carbocycles. The van der Waals surface area contributed by atoms with Crippen LogP contribution in [0.2, 0.25) is 0 Å². The largest absolute Gasteiger partial charge is 0.411 e. The smallest absolute Gasteiger partial charge is 0.0889 e. The van der Waals surface area contributed by atoms with Gasteiger partial charge < -0.3 is 15.2 Å². The summed E-state index contributed by atoms with van der Waals surface area (Å²) >= 11 is 0. The lowest BCUT2D eigenvalue weighted by Crippen LogP contribution is -2.25. The van der Waals surface area contributed by atoms with Gasteiger partial charge in [0.1, 0.15) is 0 Å². The van der Waals surface area contributed by atoms with E-state index in [2.05, 4.69) is 10.1 Å². The Balaban J connectivity index is 2.32. The Hall–Kier alpha value is -1.55. The fourth-order valence-corrected chi connectivity index (χ4v) is 2.28. The Kier molecular flexibility index (Phi) is 3.98. The summed E-state index contributed by atoms with van der Waals surface area (Å²) in [6, 6.07) is 7.98. The molecule has 0 saturated carbocycles. The van der Waals surface area contributed by atoms with Gasteiger partial charge >= 0.3 is 0 Å². The highest BCUT2D eigenvalue weighted by molar-refractivity contribution is 6.05. The van der Waals surface area contributed by atoms with Crippen LogP contribution in [-0.4, -0.2) is 35.7 Å². The van der Waals surface area contributed by atoms with Crippen LogP contribution in [0.1, 0.15) is 24.8 Å². The van der Waals surface area contributed by atoms with Gasteiger partial charge in [-0.25, -0.2) is 0 Å². The van der Waals surface area contributed by atoms with Crippen molar-refractivity contribution in [2.45, 2.75) is 19.3 Å². The molecule has 0 saturated heterocycles. The van der Waals surface area contributed by atoms with Crippen LogP contribution in [0.5, 0.6) is 0 Å². The summed E-state index contributed by atoms with van der Waals surface area (Å²) < 4.78 is 0. The third kappa shape index (κ3) is 2.58. The van der Waals surface area contributed by atoms with Crippen LogP contribution in [-0.2, 0) is 0 Å². The first kappa shape index (κ1) is 11.9. The fourth-order valence-electron chi connectivity index (χ4n) is 2.28. The van der Waals surface area contributed by atoms with Crippen LogP contribution in [0, 0.1) is 0 Å². The molecule has 2 N–H and O–H groups in total. The molecule has 4 nitrogen and oxygen atoms in total. The number of aliphatic hydroxyl groups excluding tert-OH is 1. The lowest BCUT2D eigenvalue weighted by atomic mass is 10.1. The van der Waals surface area contributed by atoms with E-state index in [-0.39, 0.29) is 6.61 Å². The predicted molar refractivity (Wildman–Crippen MR) is 67.9 cm³/mol. The van der Waals surface area contributed by atoms with E-state index in [4.69, 9.17) is 10.3 Å². The Bertz CT molecular complexity index is 404. The molecule has 0 aromatic heterocycles. The van der Waals surface area contributed by atoms with Crippen molar-refractivity contribution in [1.82, 2.24) is 0 Å². The zero-order valence-corrected chi connectivity index (χ0v) is 9.84. The number of oxime groups is 1. The van der Waals surface area contributed by atoms with Crippen LogP contribution in [0.15, 0.2) is 29.4 Å². The second-order valence-electron chi connectivity index (χ2n) is 4.23. The Morgan fingerprint density at radius 1 is 1.29 bits per heavy atom. The molecule has 0 atom stereocenters. The summed E-state index contributed by atoms with van der Waals surface area (Å²) in [4.78, 5) is 2.25. The van der Waals surface area contributed by atoms with Crippen LogP contribution < -0.4 is 4.90 Å². The highest BCUT2D eigenvalue weighted by Crippen LogP contribution is 2.26. The van der Waals surface area contributed by atoms with Crippen molar-refractivity contribution in [3.05, 3.63) is 29.8 Å². The molecule has 1 aliphatic rings. The molecule has 0 bridgehead atoms. The number of anilines is 1. The third-order valence-corrected chi connectivity index (χ3v) is 3.10. The minimum atomic E-state index is 0.208. The molecule has 0 amide bonds. The number of nitrogens with zero attached hydrogens (tertiary/aromatic N) is 2. The maximum Gasteiger partial charge on any atom is 0.0889 e. The Morgan fingerprint density at radius 2 is 2.12 bits per heavy atom. The van der Waals surface area contributed by atoms with Gasteiger partial charge in [-0.3, -0.25) is 0 Å². The van der Waals surface area contributed by atoms with E-state index in [1.165, 1.54) is 0 Å². The average Bonchev–Trinajstić information content (AvgIpc) is 2.55. The number of benzene rings is 1. The number of rotatable bonds is 3. The molecular formula is C13H18N2O2. The maximum absolute atomic E-state index is 9.05. The summed E-state index contributed by atoms with van der Waals surface area (Å²) in [6.45, 7) is 1.99. The second-order valence-corrected chi connectivity index (χ2v) is 4.23. The molecular weight excluding hydrogens is 216 g/mol. The van der Waals surface area contributed by atoms with Gasteiger partial charge in [0.15, 0.2) is 0 Å². The molecule has 0 spiro atoms. The van der Waals surface area contributed by atoms with Crippen molar-refractivity contribution in [3.8, 4) is 0 Å². The zero-order valence-electron chi connectivity index (χ0n) is 9.84. The topological polar surface area (TPSA) is 56.1 Å².